The van der Waals surface area contributed by atoms with Crippen molar-refractivity contribution in [3.05, 3.63) is 53.6 Å². The molecule has 1 heterocycles. The maximum Gasteiger partial charge on any atom is 0.255 e. The van der Waals surface area contributed by atoms with Crippen LogP contribution in [0.25, 0.3) is 0 Å². The smallest absolute Gasteiger partial charge is 0.255 e. The zero-order chi connectivity index (χ0) is 15.5. The summed E-state index contributed by atoms with van der Waals surface area (Å²) in [6, 6.07) is 12.1. The lowest BCUT2D eigenvalue weighted by Crippen LogP contribution is -2.32. The first kappa shape index (κ1) is 14.3. The summed E-state index contributed by atoms with van der Waals surface area (Å²) in [5, 5.41) is 12.9. The molecule has 0 aliphatic carbocycles. The molecule has 2 aromatic rings. The SMILES string of the molecule is COc1ccc(C(=O)N[C@@H]2CCOc3ccccc32)c(O)c1. The van der Waals surface area contributed by atoms with Gasteiger partial charge in [-0.25, -0.2) is 0 Å². The highest BCUT2D eigenvalue weighted by molar-refractivity contribution is 5.97. The molecule has 0 unspecified atom stereocenters. The molecule has 114 valence electrons. The molecule has 0 saturated heterocycles. The van der Waals surface area contributed by atoms with Crippen molar-refractivity contribution >= 4 is 5.91 Å². The highest BCUT2D eigenvalue weighted by Crippen LogP contribution is 2.32. The number of para-hydroxylation sites is 1. The van der Waals surface area contributed by atoms with Crippen LogP contribution in [0.4, 0.5) is 0 Å². The number of methoxy groups -OCH3 is 1. The molecule has 0 radical (unpaired) electrons. The number of phenolic OH excluding ortho intramolecular Hbond substituents is 1. The summed E-state index contributed by atoms with van der Waals surface area (Å²) in [6.45, 7) is 0.552. The van der Waals surface area contributed by atoms with E-state index in [1.807, 2.05) is 24.3 Å². The molecule has 1 amide bonds. The van der Waals surface area contributed by atoms with Gasteiger partial charge in [0.15, 0.2) is 0 Å². The largest absolute Gasteiger partial charge is 0.507 e. The lowest BCUT2D eigenvalue weighted by molar-refractivity contribution is 0.0922. The molecule has 22 heavy (non-hydrogen) atoms. The van der Waals surface area contributed by atoms with E-state index in [0.717, 1.165) is 11.3 Å². The highest BCUT2D eigenvalue weighted by Gasteiger charge is 2.24. The standard InChI is InChI=1S/C17H17NO4/c1-21-11-6-7-13(15(19)10-11)17(20)18-14-8-9-22-16-5-3-2-4-12(14)16/h2-7,10,14,19H,8-9H2,1H3,(H,18,20)/t14-/m1/s1. The number of carbonyl (C=O) groups excluding carboxylic acids is 1. The second-order valence-corrected chi connectivity index (χ2v) is 5.08. The molecule has 0 saturated carbocycles. The van der Waals surface area contributed by atoms with Gasteiger partial charge in [-0.15, -0.1) is 0 Å². The van der Waals surface area contributed by atoms with E-state index in [9.17, 15) is 9.90 Å². The first-order valence-corrected chi connectivity index (χ1v) is 7.08. The van der Waals surface area contributed by atoms with Crippen molar-refractivity contribution in [1.29, 1.82) is 0 Å². The number of rotatable bonds is 3. The summed E-state index contributed by atoms with van der Waals surface area (Å²) < 4.78 is 10.6. The van der Waals surface area contributed by atoms with E-state index in [1.54, 1.807) is 12.1 Å². The minimum atomic E-state index is -0.318. The number of benzene rings is 2. The fourth-order valence-electron chi connectivity index (χ4n) is 2.56. The molecule has 5 heteroatoms. The molecule has 3 rings (SSSR count). The molecular formula is C17H17NO4. The monoisotopic (exact) mass is 299 g/mol. The van der Waals surface area contributed by atoms with E-state index in [2.05, 4.69) is 5.32 Å². The van der Waals surface area contributed by atoms with Crippen LogP contribution in [0.15, 0.2) is 42.5 Å². The summed E-state index contributed by atoms with van der Waals surface area (Å²) in [5.41, 5.74) is 1.18. The number of ether oxygens (including phenoxy) is 2. The van der Waals surface area contributed by atoms with Gasteiger partial charge >= 0.3 is 0 Å². The molecule has 0 fully saturated rings. The van der Waals surface area contributed by atoms with E-state index >= 15 is 0 Å². The molecule has 2 aromatic carbocycles. The van der Waals surface area contributed by atoms with Crippen LogP contribution in [0.3, 0.4) is 0 Å². The molecule has 5 nitrogen and oxygen atoms in total. The Bertz CT molecular complexity index is 699. The molecule has 0 aromatic heterocycles. The van der Waals surface area contributed by atoms with E-state index in [1.165, 1.54) is 13.2 Å². The van der Waals surface area contributed by atoms with Crippen molar-refractivity contribution < 1.29 is 19.4 Å². The Morgan fingerprint density at radius 2 is 2.14 bits per heavy atom. The third-order valence-electron chi connectivity index (χ3n) is 3.71. The summed E-state index contributed by atoms with van der Waals surface area (Å²) in [4.78, 5) is 12.4. The summed E-state index contributed by atoms with van der Waals surface area (Å²) in [6.07, 6.45) is 0.694. The lowest BCUT2D eigenvalue weighted by Gasteiger charge is -2.26. The number of hydrogen-bond acceptors (Lipinski definition) is 4. The van der Waals surface area contributed by atoms with Gasteiger partial charge in [0.25, 0.3) is 5.91 Å². The Morgan fingerprint density at radius 1 is 1.32 bits per heavy atom. The summed E-state index contributed by atoms with van der Waals surface area (Å²) >= 11 is 0. The Kier molecular flexibility index (Phi) is 3.87. The van der Waals surface area contributed by atoms with Gasteiger partial charge in [0.2, 0.25) is 0 Å². The zero-order valence-electron chi connectivity index (χ0n) is 12.2. The molecule has 2 N–H and O–H groups in total. The minimum Gasteiger partial charge on any atom is -0.507 e. The van der Waals surface area contributed by atoms with Crippen molar-refractivity contribution in [2.45, 2.75) is 12.5 Å². The van der Waals surface area contributed by atoms with E-state index < -0.39 is 0 Å². The predicted octanol–water partition coefficient (Wildman–Crippen LogP) is 2.65. The van der Waals surface area contributed by atoms with Gasteiger partial charge in [-0.2, -0.15) is 0 Å². The van der Waals surface area contributed by atoms with E-state index in [4.69, 9.17) is 9.47 Å². The quantitative estimate of drug-likeness (QED) is 0.914. The molecule has 0 spiro atoms. The van der Waals surface area contributed by atoms with Crippen molar-refractivity contribution in [3.63, 3.8) is 0 Å². The van der Waals surface area contributed by atoms with E-state index in [-0.39, 0.29) is 23.3 Å². The topological polar surface area (TPSA) is 67.8 Å². The zero-order valence-corrected chi connectivity index (χ0v) is 12.2. The van der Waals surface area contributed by atoms with Crippen molar-refractivity contribution in [2.24, 2.45) is 0 Å². The van der Waals surface area contributed by atoms with Crippen molar-refractivity contribution in [1.82, 2.24) is 5.32 Å². The second kappa shape index (κ2) is 5.97. The maximum atomic E-state index is 12.4. The van der Waals surface area contributed by atoms with Crippen LogP contribution in [0, 0.1) is 0 Å². The molecule has 1 aliphatic rings. The number of nitrogens with one attached hydrogen (secondary N) is 1. The van der Waals surface area contributed by atoms with Crippen molar-refractivity contribution in [2.75, 3.05) is 13.7 Å². The number of carbonyl (C=O) groups is 1. The highest BCUT2D eigenvalue weighted by atomic mass is 16.5. The van der Waals surface area contributed by atoms with Crippen LogP contribution < -0.4 is 14.8 Å². The third-order valence-corrected chi connectivity index (χ3v) is 3.71. The number of phenols is 1. The lowest BCUT2D eigenvalue weighted by atomic mass is 10.00. The fourth-order valence-corrected chi connectivity index (χ4v) is 2.56. The van der Waals surface area contributed by atoms with Crippen LogP contribution in [-0.2, 0) is 0 Å². The van der Waals surface area contributed by atoms with Gasteiger partial charge in [-0.3, -0.25) is 4.79 Å². The number of hydrogen-bond donors (Lipinski definition) is 2. The van der Waals surface area contributed by atoms with Crippen LogP contribution in [0.5, 0.6) is 17.2 Å². The Morgan fingerprint density at radius 3 is 2.91 bits per heavy atom. The number of amides is 1. The van der Waals surface area contributed by atoms with Crippen molar-refractivity contribution in [3.8, 4) is 17.2 Å². The molecule has 1 atom stereocenters. The average Bonchev–Trinajstić information content (AvgIpc) is 2.55. The first-order valence-electron chi connectivity index (χ1n) is 7.08. The van der Waals surface area contributed by atoms with Crippen LogP contribution >= 0.6 is 0 Å². The van der Waals surface area contributed by atoms with Crippen LogP contribution in [-0.4, -0.2) is 24.7 Å². The molecule has 1 aliphatic heterocycles. The third kappa shape index (κ3) is 2.70. The summed E-state index contributed by atoms with van der Waals surface area (Å²) in [5.74, 6) is 0.877. The minimum absolute atomic E-state index is 0.0998. The van der Waals surface area contributed by atoms with Gasteiger partial charge in [-0.1, -0.05) is 18.2 Å². The van der Waals surface area contributed by atoms with Crippen LogP contribution in [0.2, 0.25) is 0 Å². The fraction of sp³-hybridized carbons (Fsp3) is 0.235. The number of fused-ring (bicyclic) bond motifs is 1. The predicted molar refractivity (Wildman–Crippen MR) is 81.4 cm³/mol. The second-order valence-electron chi connectivity index (χ2n) is 5.08. The summed E-state index contributed by atoms with van der Waals surface area (Å²) in [7, 11) is 1.51. The maximum absolute atomic E-state index is 12.4. The Balaban J connectivity index is 1.81. The van der Waals surface area contributed by atoms with Crippen LogP contribution in [0.1, 0.15) is 28.4 Å². The first-order chi connectivity index (χ1) is 10.7. The molecule has 0 bridgehead atoms. The normalized spacial score (nSPS) is 16.3. The molecular weight excluding hydrogens is 282 g/mol. The average molecular weight is 299 g/mol. The number of aromatic hydroxyl groups is 1. The Labute approximate surface area is 128 Å². The van der Waals surface area contributed by atoms with Gasteiger partial charge in [0.1, 0.15) is 17.2 Å². The van der Waals surface area contributed by atoms with Gasteiger partial charge < -0.3 is 19.9 Å². The van der Waals surface area contributed by atoms with Gasteiger partial charge in [0.05, 0.1) is 25.3 Å². The van der Waals surface area contributed by atoms with E-state index in [0.29, 0.717) is 18.8 Å². The van der Waals surface area contributed by atoms with Gasteiger partial charge in [0, 0.05) is 18.1 Å². The van der Waals surface area contributed by atoms with Gasteiger partial charge in [-0.05, 0) is 18.2 Å². The Hall–Kier alpha value is -2.69.